The topological polar surface area (TPSA) is 46.4 Å². The first kappa shape index (κ1) is 21.8. The molecule has 0 amide bonds. The number of fused-ring (bicyclic) bond motifs is 3. The number of ether oxygens (including phenoxy) is 1. The van der Waals surface area contributed by atoms with Crippen LogP contribution in [0.15, 0.2) is 36.4 Å². The molecule has 8 heteroatoms. The molecule has 3 fully saturated rings. The summed E-state index contributed by atoms with van der Waals surface area (Å²) in [6, 6.07) is 12.2. The van der Waals surface area contributed by atoms with Gasteiger partial charge in [0.05, 0.1) is 24.5 Å². The van der Waals surface area contributed by atoms with E-state index in [1.165, 1.54) is 5.56 Å². The third-order valence-corrected chi connectivity index (χ3v) is 8.70. The van der Waals surface area contributed by atoms with Gasteiger partial charge in [-0.3, -0.25) is 9.47 Å². The fraction of sp³-hybridized carbons (Fsp3) is 0.481. The second-order valence-corrected chi connectivity index (χ2v) is 11.3. The van der Waals surface area contributed by atoms with E-state index < -0.39 is 0 Å². The van der Waals surface area contributed by atoms with E-state index in [1.54, 1.807) is 0 Å². The van der Waals surface area contributed by atoms with Crippen molar-refractivity contribution in [3.05, 3.63) is 70.0 Å². The van der Waals surface area contributed by atoms with Crippen molar-refractivity contribution in [2.75, 3.05) is 31.2 Å². The van der Waals surface area contributed by atoms with Crippen molar-refractivity contribution in [2.24, 2.45) is 5.41 Å². The molecule has 3 aromatic rings. The zero-order chi connectivity index (χ0) is 23.7. The molecule has 1 spiro atoms. The highest BCUT2D eigenvalue weighted by molar-refractivity contribution is 6.30. The molecule has 1 aliphatic carbocycles. The van der Waals surface area contributed by atoms with Gasteiger partial charge in [-0.2, -0.15) is 0 Å². The largest absolute Gasteiger partial charge is 0.380 e. The first-order valence-corrected chi connectivity index (χ1v) is 12.9. The number of aromatic nitrogens is 3. The number of aryl methyl sites for hydroxylation is 1. The van der Waals surface area contributed by atoms with Gasteiger partial charge in [-0.15, -0.1) is 10.2 Å². The molecule has 0 unspecified atom stereocenters. The van der Waals surface area contributed by atoms with Crippen LogP contribution in [0, 0.1) is 18.2 Å². The van der Waals surface area contributed by atoms with E-state index in [0.29, 0.717) is 17.5 Å². The average Bonchev–Trinajstić information content (AvgIpc) is 3.42. The van der Waals surface area contributed by atoms with Gasteiger partial charge in [0, 0.05) is 48.6 Å². The standard InChI is InChI=1S/C27H29ClFN5O/c1-17-3-2-4-23(25(17)29)33-15-27(16-33)10-19(11-27)26-31-30-24-13-32(21-7-8-35-14-21)12-18-9-20(28)5-6-22(18)34(24)26/h2-6,9,19,21H,7-8,10-16H2,1H3/t21-/m0/s1. The molecule has 1 aromatic heterocycles. The van der Waals surface area contributed by atoms with Crippen LogP contribution in [0.5, 0.6) is 0 Å². The predicted molar refractivity (Wildman–Crippen MR) is 133 cm³/mol. The van der Waals surface area contributed by atoms with Gasteiger partial charge in [0.1, 0.15) is 11.6 Å². The predicted octanol–water partition coefficient (Wildman–Crippen LogP) is 4.86. The Hall–Kier alpha value is -2.48. The van der Waals surface area contributed by atoms with E-state index >= 15 is 0 Å². The van der Waals surface area contributed by atoms with Crippen molar-refractivity contribution in [3.63, 3.8) is 0 Å². The summed E-state index contributed by atoms with van der Waals surface area (Å²) in [6.07, 6.45) is 3.18. The van der Waals surface area contributed by atoms with Crippen molar-refractivity contribution < 1.29 is 9.13 Å². The third-order valence-electron chi connectivity index (χ3n) is 8.47. The molecule has 1 saturated carbocycles. The molecule has 0 bridgehead atoms. The van der Waals surface area contributed by atoms with Crippen LogP contribution in [0.1, 0.15) is 48.0 Å². The van der Waals surface area contributed by atoms with Crippen LogP contribution in [-0.4, -0.2) is 52.0 Å². The number of hydrogen-bond donors (Lipinski definition) is 0. The van der Waals surface area contributed by atoms with Crippen LogP contribution in [-0.2, 0) is 17.8 Å². The minimum absolute atomic E-state index is 0.0894. The number of nitrogens with zero attached hydrogens (tertiary/aromatic N) is 5. The fourth-order valence-electron chi connectivity index (χ4n) is 6.62. The Kier molecular flexibility index (Phi) is 4.99. The lowest BCUT2D eigenvalue weighted by atomic mass is 9.57. The summed E-state index contributed by atoms with van der Waals surface area (Å²) in [7, 11) is 0. The van der Waals surface area contributed by atoms with Gasteiger partial charge in [-0.1, -0.05) is 23.7 Å². The molecule has 4 heterocycles. The highest BCUT2D eigenvalue weighted by Gasteiger charge is 2.54. The second kappa shape index (κ2) is 8.02. The molecule has 4 aliphatic rings. The molecule has 182 valence electrons. The first-order valence-electron chi connectivity index (χ1n) is 12.5. The lowest BCUT2D eigenvalue weighted by Gasteiger charge is -2.59. The van der Waals surface area contributed by atoms with E-state index in [9.17, 15) is 4.39 Å². The number of rotatable bonds is 3. The molecule has 7 rings (SSSR count). The molecule has 1 atom stereocenters. The molecule has 0 radical (unpaired) electrons. The van der Waals surface area contributed by atoms with Crippen LogP contribution in [0.4, 0.5) is 10.1 Å². The zero-order valence-electron chi connectivity index (χ0n) is 19.9. The monoisotopic (exact) mass is 493 g/mol. The summed E-state index contributed by atoms with van der Waals surface area (Å²) in [5.74, 6) is 2.32. The maximum atomic E-state index is 14.6. The van der Waals surface area contributed by atoms with Crippen molar-refractivity contribution in [3.8, 4) is 5.69 Å². The lowest BCUT2D eigenvalue weighted by Crippen LogP contribution is -2.62. The third kappa shape index (κ3) is 3.51. The normalized spacial score (nSPS) is 23.5. The van der Waals surface area contributed by atoms with Crippen molar-refractivity contribution >= 4 is 17.3 Å². The SMILES string of the molecule is Cc1cccc(N2CC3(CC(c4nnc5n4-c4ccc(Cl)cc4CN([C@H]4CCOC4)C5)C3)C2)c1F. The number of benzene rings is 2. The van der Waals surface area contributed by atoms with Crippen LogP contribution in [0.2, 0.25) is 5.02 Å². The van der Waals surface area contributed by atoms with Crippen LogP contribution in [0.3, 0.4) is 0 Å². The summed E-state index contributed by atoms with van der Waals surface area (Å²) in [4.78, 5) is 4.64. The maximum absolute atomic E-state index is 14.6. The molecule has 6 nitrogen and oxygen atoms in total. The van der Waals surface area contributed by atoms with Crippen molar-refractivity contribution in [1.29, 1.82) is 0 Å². The van der Waals surface area contributed by atoms with Gasteiger partial charge >= 0.3 is 0 Å². The highest BCUT2D eigenvalue weighted by Crippen LogP contribution is 2.57. The van der Waals surface area contributed by atoms with Gasteiger partial charge in [0.15, 0.2) is 5.82 Å². The number of halogens is 2. The zero-order valence-corrected chi connectivity index (χ0v) is 20.6. The van der Waals surface area contributed by atoms with Crippen molar-refractivity contribution in [1.82, 2.24) is 19.7 Å². The second-order valence-electron chi connectivity index (χ2n) is 10.9. The quantitative estimate of drug-likeness (QED) is 0.521. The van der Waals surface area contributed by atoms with Crippen LogP contribution in [0.25, 0.3) is 5.69 Å². The summed E-state index contributed by atoms with van der Waals surface area (Å²) in [5.41, 5.74) is 4.05. The van der Waals surface area contributed by atoms with E-state index in [4.69, 9.17) is 21.4 Å². The van der Waals surface area contributed by atoms with E-state index in [1.807, 2.05) is 31.2 Å². The molecule has 35 heavy (non-hydrogen) atoms. The number of hydrogen-bond acceptors (Lipinski definition) is 5. The smallest absolute Gasteiger partial charge is 0.151 e. The minimum Gasteiger partial charge on any atom is -0.380 e. The first-order chi connectivity index (χ1) is 17.0. The summed E-state index contributed by atoms with van der Waals surface area (Å²) >= 11 is 6.41. The Morgan fingerprint density at radius 2 is 1.94 bits per heavy atom. The Morgan fingerprint density at radius 1 is 1.09 bits per heavy atom. The molecule has 0 N–H and O–H groups in total. The molecular formula is C27H29ClFN5O. The number of anilines is 1. The highest BCUT2D eigenvalue weighted by atomic mass is 35.5. The van der Waals surface area contributed by atoms with Crippen LogP contribution >= 0.6 is 11.6 Å². The molecular weight excluding hydrogens is 465 g/mol. The Balaban J connectivity index is 1.14. The summed E-state index contributed by atoms with van der Waals surface area (Å²) in [5, 5.41) is 10.1. The lowest BCUT2D eigenvalue weighted by molar-refractivity contribution is 0.0582. The Bertz CT molecular complexity index is 1290. The van der Waals surface area contributed by atoms with E-state index in [0.717, 1.165) is 86.7 Å². The Morgan fingerprint density at radius 3 is 2.74 bits per heavy atom. The van der Waals surface area contributed by atoms with Gasteiger partial charge in [0.2, 0.25) is 0 Å². The van der Waals surface area contributed by atoms with Gasteiger partial charge in [-0.25, -0.2) is 4.39 Å². The minimum atomic E-state index is -0.0894. The molecule has 2 aromatic carbocycles. The van der Waals surface area contributed by atoms with Gasteiger partial charge in [0.25, 0.3) is 0 Å². The molecule has 3 aliphatic heterocycles. The average molecular weight is 494 g/mol. The van der Waals surface area contributed by atoms with Gasteiger partial charge < -0.3 is 9.64 Å². The van der Waals surface area contributed by atoms with E-state index in [-0.39, 0.29) is 11.2 Å². The van der Waals surface area contributed by atoms with Crippen molar-refractivity contribution in [2.45, 2.75) is 51.2 Å². The van der Waals surface area contributed by atoms with E-state index in [2.05, 4.69) is 31.6 Å². The summed E-state index contributed by atoms with van der Waals surface area (Å²) in [6.45, 7) is 6.81. The Labute approximate surface area is 209 Å². The van der Waals surface area contributed by atoms with Crippen LogP contribution < -0.4 is 4.90 Å². The van der Waals surface area contributed by atoms with Gasteiger partial charge in [-0.05, 0) is 61.6 Å². The summed E-state index contributed by atoms with van der Waals surface area (Å²) < 4.78 is 22.6. The molecule has 2 saturated heterocycles. The maximum Gasteiger partial charge on any atom is 0.151 e. The fourth-order valence-corrected chi connectivity index (χ4v) is 6.81.